The second-order valence-electron chi connectivity index (χ2n) is 4.55. The average Bonchev–Trinajstić information content (AvgIpc) is 2.59. The summed E-state index contributed by atoms with van der Waals surface area (Å²) in [4.78, 5) is 41.3. The largest absolute Gasteiger partial charge is 0.398 e. The molecule has 6 nitrogen and oxygen atoms in total. The molecular weight excluding hydrogens is 270 g/mol. The second kappa shape index (κ2) is 4.80. The number of nitrogen functional groups attached to an aromatic ring is 1. The molecule has 0 saturated heterocycles. The number of aromatic nitrogens is 2. The summed E-state index contributed by atoms with van der Waals surface area (Å²) < 4.78 is 55.0. The Bertz CT molecular complexity index is 1080. The molecule has 0 radical (unpaired) electrons. The summed E-state index contributed by atoms with van der Waals surface area (Å²) >= 11 is 0. The number of nitrogens with two attached hydrogens (primary N) is 1. The molecule has 1 aliphatic rings. The van der Waals surface area contributed by atoms with Crippen LogP contribution in [0.2, 0.25) is 0 Å². The molecule has 2 unspecified atom stereocenters. The molecule has 1 aliphatic carbocycles. The highest BCUT2D eigenvalue weighted by atomic mass is 16.2. The summed E-state index contributed by atoms with van der Waals surface area (Å²) in [7, 11) is 0. The van der Waals surface area contributed by atoms with Crippen LogP contribution in [0.1, 0.15) is 40.7 Å². The predicted octanol–water partition coefficient (Wildman–Crippen LogP) is 1.15. The van der Waals surface area contributed by atoms with Crippen LogP contribution in [0, 0.1) is 6.88 Å². The highest BCUT2D eigenvalue weighted by Gasteiger charge is 2.30. The fourth-order valence-electron chi connectivity index (χ4n) is 2.24. The van der Waals surface area contributed by atoms with Crippen molar-refractivity contribution in [2.45, 2.75) is 32.1 Å². The van der Waals surface area contributed by atoms with Crippen molar-refractivity contribution in [2.24, 2.45) is 0 Å². The van der Waals surface area contributed by atoms with Crippen LogP contribution in [0.25, 0.3) is 10.9 Å². The summed E-state index contributed by atoms with van der Waals surface area (Å²) in [5, 5.41) is -0.331. The van der Waals surface area contributed by atoms with Crippen LogP contribution in [0.4, 0.5) is 5.69 Å². The van der Waals surface area contributed by atoms with Crippen LogP contribution in [0.3, 0.4) is 0 Å². The molecule has 0 bridgehead atoms. The summed E-state index contributed by atoms with van der Waals surface area (Å²) in [5.74, 6) is -2.54. The molecule has 1 heterocycles. The number of rotatable bonds is 1. The van der Waals surface area contributed by atoms with Crippen LogP contribution in [0.15, 0.2) is 22.9 Å². The first-order chi connectivity index (χ1) is 12.9. The van der Waals surface area contributed by atoms with Gasteiger partial charge in [-0.2, -0.15) is 0 Å². The Morgan fingerprint density at radius 3 is 3.10 bits per heavy atom. The molecule has 2 N–H and O–H groups in total. The molecule has 1 aromatic carbocycles. The number of carbonyl (C=O) groups is 2. The third kappa shape index (κ3) is 2.12. The lowest BCUT2D eigenvalue weighted by molar-refractivity contribution is -0.132. The maximum atomic E-state index is 13.1. The van der Waals surface area contributed by atoms with Gasteiger partial charge < -0.3 is 5.73 Å². The van der Waals surface area contributed by atoms with Crippen molar-refractivity contribution in [3.05, 3.63) is 34.3 Å². The molecule has 6 heteroatoms. The molecule has 2 aromatic rings. The SMILES string of the molecule is [2H]c1cc2nc(C([2H])[2H])n(C3C(=O)CC(=O)C([2H])([2H])C3[2H])c(=O)c2c(N)c1[2H]. The van der Waals surface area contributed by atoms with Gasteiger partial charge in [-0.05, 0) is 25.4 Å². The zero-order valence-electron chi connectivity index (χ0n) is 17.7. The van der Waals surface area contributed by atoms with E-state index in [-0.39, 0.29) is 16.9 Å². The minimum atomic E-state index is -2.72. The van der Waals surface area contributed by atoms with Gasteiger partial charge in [0.1, 0.15) is 11.6 Å². The van der Waals surface area contributed by atoms with Crippen LogP contribution in [-0.2, 0) is 9.59 Å². The predicted molar refractivity (Wildman–Crippen MR) is 78.1 cm³/mol. The number of benzene rings is 1. The van der Waals surface area contributed by atoms with Gasteiger partial charge in [-0.25, -0.2) is 4.98 Å². The summed E-state index contributed by atoms with van der Waals surface area (Å²) in [5.41, 5.74) is 4.20. The molecular formula is C15H15N3O3. The fourth-order valence-corrected chi connectivity index (χ4v) is 2.24. The van der Waals surface area contributed by atoms with Gasteiger partial charge in [0.05, 0.1) is 26.1 Å². The Morgan fingerprint density at radius 2 is 2.33 bits per heavy atom. The van der Waals surface area contributed by atoms with E-state index in [1.807, 2.05) is 0 Å². The third-order valence-corrected chi connectivity index (χ3v) is 3.20. The Morgan fingerprint density at radius 1 is 1.52 bits per heavy atom. The van der Waals surface area contributed by atoms with Crippen LogP contribution < -0.4 is 11.3 Å². The molecule has 3 rings (SSSR count). The normalized spacial score (nSPS) is 30.0. The maximum Gasteiger partial charge on any atom is 0.264 e. The van der Waals surface area contributed by atoms with E-state index in [9.17, 15) is 14.4 Å². The molecule has 1 fully saturated rings. The highest BCUT2D eigenvalue weighted by molar-refractivity contribution is 6.03. The van der Waals surface area contributed by atoms with E-state index >= 15 is 0 Å². The number of hydrogen-bond acceptors (Lipinski definition) is 5. The number of nitrogens with zero attached hydrogens (tertiary/aromatic N) is 2. The number of aryl methyl sites for hydroxylation is 1. The van der Waals surface area contributed by atoms with Crippen molar-refractivity contribution < 1.29 is 19.2 Å². The van der Waals surface area contributed by atoms with E-state index in [0.29, 0.717) is 4.57 Å². The number of carbonyl (C=O) groups excluding carboxylic acids is 2. The van der Waals surface area contributed by atoms with E-state index in [2.05, 4.69) is 4.98 Å². The van der Waals surface area contributed by atoms with Gasteiger partial charge in [0.25, 0.3) is 5.56 Å². The molecule has 0 spiro atoms. The monoisotopic (exact) mass is 292 g/mol. The highest BCUT2D eigenvalue weighted by Crippen LogP contribution is 2.24. The van der Waals surface area contributed by atoms with Crippen molar-refractivity contribution >= 4 is 28.2 Å². The Hall–Kier alpha value is -2.50. The zero-order chi connectivity index (χ0) is 21.1. The van der Waals surface area contributed by atoms with Crippen LogP contribution >= 0.6 is 0 Å². The zero-order valence-corrected chi connectivity index (χ0v) is 10.7. The van der Waals surface area contributed by atoms with Gasteiger partial charge in [-0.3, -0.25) is 19.0 Å². The molecule has 0 amide bonds. The molecule has 21 heavy (non-hydrogen) atoms. The number of Topliss-reactive ketones (excluding diaryl/α,β-unsaturated/α-hetero) is 2. The van der Waals surface area contributed by atoms with Gasteiger partial charge in [0.15, 0.2) is 5.78 Å². The van der Waals surface area contributed by atoms with Crippen molar-refractivity contribution in [3.8, 4) is 0 Å². The van der Waals surface area contributed by atoms with Crippen molar-refractivity contribution in [3.63, 3.8) is 0 Å². The summed E-state index contributed by atoms with van der Waals surface area (Å²) in [6, 6.07) is -1.51. The quantitative estimate of drug-likeness (QED) is 0.628. The Kier molecular flexibility index (Phi) is 1.71. The van der Waals surface area contributed by atoms with Gasteiger partial charge in [-0.15, -0.1) is 0 Å². The van der Waals surface area contributed by atoms with Crippen LogP contribution in [-0.4, -0.2) is 21.1 Å². The van der Waals surface area contributed by atoms with Crippen molar-refractivity contribution in [1.82, 2.24) is 9.55 Å². The Labute approximate surface area is 130 Å². The number of hydrogen-bond donors (Lipinski definition) is 1. The smallest absolute Gasteiger partial charge is 0.264 e. The first-order valence-electron chi connectivity index (χ1n) is 9.77. The Balaban J connectivity index is 2.41. The molecule has 0 aliphatic heterocycles. The van der Waals surface area contributed by atoms with Gasteiger partial charge in [-0.1, -0.05) is 6.04 Å². The molecule has 1 aromatic heterocycles. The van der Waals surface area contributed by atoms with E-state index < -0.39 is 66.8 Å². The first-order valence-corrected chi connectivity index (χ1v) is 6.04. The minimum absolute atomic E-state index is 0.150. The summed E-state index contributed by atoms with van der Waals surface area (Å²) in [6.45, 7) is -1.88. The number of anilines is 1. The fraction of sp³-hybridized carbons (Fsp3) is 0.333. The molecule has 2 atom stereocenters. The van der Waals surface area contributed by atoms with E-state index in [4.69, 9.17) is 15.3 Å². The average molecular weight is 292 g/mol. The minimum Gasteiger partial charge on any atom is -0.398 e. The standard InChI is InChI=1S/C15H15N3O3/c1-8-17-11-4-2-3-10(16)14(11)15(21)18(8)12-6-5-9(19)7-13(12)20/h2-4,12H,5-7,16H2,1H3/i1D2,2D,3D,5D2,6D. The number of fused-ring (bicyclic) bond motifs is 1. The lowest BCUT2D eigenvalue weighted by Gasteiger charge is -2.24. The lowest BCUT2D eigenvalue weighted by atomic mass is 9.92. The third-order valence-electron chi connectivity index (χ3n) is 3.20. The number of ketones is 2. The van der Waals surface area contributed by atoms with Gasteiger partial charge in [0, 0.05) is 18.9 Å². The molecule has 108 valence electrons. The van der Waals surface area contributed by atoms with Crippen molar-refractivity contribution in [1.29, 1.82) is 0 Å². The maximum absolute atomic E-state index is 13.1. The summed E-state index contributed by atoms with van der Waals surface area (Å²) in [6.07, 6.45) is -5.56. The first kappa shape index (κ1) is 7.49. The van der Waals surface area contributed by atoms with Crippen LogP contribution in [0.5, 0.6) is 0 Å². The second-order valence-corrected chi connectivity index (χ2v) is 4.55. The topological polar surface area (TPSA) is 95.0 Å². The molecule has 1 saturated carbocycles. The van der Waals surface area contributed by atoms with Gasteiger partial charge in [0.2, 0.25) is 0 Å². The van der Waals surface area contributed by atoms with Gasteiger partial charge >= 0.3 is 0 Å². The van der Waals surface area contributed by atoms with E-state index in [1.165, 1.54) is 0 Å². The van der Waals surface area contributed by atoms with E-state index in [0.717, 1.165) is 6.07 Å². The van der Waals surface area contributed by atoms with Crippen molar-refractivity contribution in [2.75, 3.05) is 5.73 Å². The van der Waals surface area contributed by atoms with E-state index in [1.54, 1.807) is 0 Å². The lowest BCUT2D eigenvalue weighted by Crippen LogP contribution is -2.36.